The van der Waals surface area contributed by atoms with Crippen molar-refractivity contribution in [1.82, 2.24) is 0 Å². The maximum absolute atomic E-state index is 10.7. The first kappa shape index (κ1) is 9.37. The molecule has 12 heavy (non-hydrogen) atoms. The molecule has 6 heteroatoms. The maximum Gasteiger partial charge on any atom is 0.258 e. The molecule has 1 heterocycles. The fourth-order valence-corrected chi connectivity index (χ4v) is 1.74. The lowest BCUT2D eigenvalue weighted by Gasteiger charge is -2.12. The quantitative estimate of drug-likeness (QED) is 0.462. The molecule has 0 fully saturated rings. The molecular weight excluding hydrogens is 184 g/mol. The summed E-state index contributed by atoms with van der Waals surface area (Å²) in [6, 6.07) is 0. The zero-order valence-corrected chi connectivity index (χ0v) is 6.78. The third-order valence-corrected chi connectivity index (χ3v) is 2.67. The molecule has 1 rings (SSSR count). The van der Waals surface area contributed by atoms with Gasteiger partial charge in [-0.1, -0.05) is 11.8 Å². The van der Waals surface area contributed by atoms with E-state index in [-0.39, 0.29) is 0 Å². The second-order valence-electron chi connectivity index (χ2n) is 2.31. The van der Waals surface area contributed by atoms with Crippen LogP contribution in [0.2, 0.25) is 0 Å². The predicted molar refractivity (Wildman–Crippen MR) is 41.8 cm³/mol. The SMILES string of the molecule is O=C1S[C@H]([C@@H](O)CO)C(O)=C1O. The molecule has 0 amide bonds. The van der Waals surface area contributed by atoms with Gasteiger partial charge in [-0.2, -0.15) is 0 Å². The van der Waals surface area contributed by atoms with Gasteiger partial charge in [0.2, 0.25) is 5.76 Å². The number of thioether (sulfide) groups is 1. The average molecular weight is 192 g/mol. The van der Waals surface area contributed by atoms with Crippen molar-refractivity contribution >= 4 is 16.9 Å². The summed E-state index contributed by atoms with van der Waals surface area (Å²) in [7, 11) is 0. The fraction of sp³-hybridized carbons (Fsp3) is 0.500. The van der Waals surface area contributed by atoms with Crippen LogP contribution in [-0.2, 0) is 4.79 Å². The summed E-state index contributed by atoms with van der Waals surface area (Å²) in [6.45, 7) is -0.567. The van der Waals surface area contributed by atoms with Crippen molar-refractivity contribution < 1.29 is 25.2 Å². The molecule has 1 aliphatic heterocycles. The molecule has 1 aliphatic rings. The number of aliphatic hydroxyl groups is 4. The number of carbonyl (C=O) groups excluding carboxylic acids is 1. The first-order valence-corrected chi connectivity index (χ1v) is 4.08. The minimum Gasteiger partial charge on any atom is -0.507 e. The Labute approximate surface area is 72.3 Å². The van der Waals surface area contributed by atoms with Gasteiger partial charge in [-0.05, 0) is 0 Å². The van der Waals surface area contributed by atoms with E-state index < -0.39 is 34.6 Å². The molecule has 0 radical (unpaired) electrons. The minimum absolute atomic E-state index is 0.563. The lowest BCUT2D eigenvalue weighted by atomic mass is 10.2. The van der Waals surface area contributed by atoms with Crippen LogP contribution in [0.15, 0.2) is 11.5 Å². The molecule has 0 unspecified atom stereocenters. The van der Waals surface area contributed by atoms with Gasteiger partial charge >= 0.3 is 0 Å². The van der Waals surface area contributed by atoms with Gasteiger partial charge in [0.15, 0.2) is 5.76 Å². The fourth-order valence-electron chi connectivity index (χ4n) is 0.823. The van der Waals surface area contributed by atoms with E-state index in [4.69, 9.17) is 20.4 Å². The van der Waals surface area contributed by atoms with Crippen LogP contribution in [0.4, 0.5) is 0 Å². The van der Waals surface area contributed by atoms with Crippen molar-refractivity contribution in [3.05, 3.63) is 11.5 Å². The Morgan fingerprint density at radius 1 is 1.50 bits per heavy atom. The third kappa shape index (κ3) is 1.40. The molecule has 0 bridgehead atoms. The smallest absolute Gasteiger partial charge is 0.258 e. The maximum atomic E-state index is 10.7. The van der Waals surface area contributed by atoms with Crippen LogP contribution >= 0.6 is 11.8 Å². The lowest BCUT2D eigenvalue weighted by Crippen LogP contribution is -2.26. The Bertz CT molecular complexity index is 236. The number of hydrogen-bond donors (Lipinski definition) is 4. The first-order chi connectivity index (χ1) is 5.57. The molecule has 0 saturated heterocycles. The van der Waals surface area contributed by atoms with Crippen molar-refractivity contribution in [2.75, 3.05) is 6.61 Å². The second-order valence-corrected chi connectivity index (χ2v) is 3.42. The standard InChI is InChI=1S/C6H8O5S/c7-1-2(8)5-3(9)4(10)6(11)12-5/h2,5,7-10H,1H2/t2-,5+/m0/s1. The summed E-state index contributed by atoms with van der Waals surface area (Å²) in [6.07, 6.45) is -1.23. The summed E-state index contributed by atoms with van der Waals surface area (Å²) in [5, 5.41) is 33.8. The van der Waals surface area contributed by atoms with Gasteiger partial charge in [0, 0.05) is 0 Å². The summed E-state index contributed by atoms with van der Waals surface area (Å²) < 4.78 is 0. The largest absolute Gasteiger partial charge is 0.507 e. The molecule has 68 valence electrons. The highest BCUT2D eigenvalue weighted by atomic mass is 32.2. The number of hydrogen-bond acceptors (Lipinski definition) is 6. The molecule has 4 N–H and O–H groups in total. The molecule has 2 atom stereocenters. The molecule has 0 aromatic carbocycles. The van der Waals surface area contributed by atoms with Gasteiger partial charge in [-0.15, -0.1) is 0 Å². The molecule has 0 aromatic rings. The van der Waals surface area contributed by atoms with E-state index in [0.29, 0.717) is 11.8 Å². The van der Waals surface area contributed by atoms with E-state index in [9.17, 15) is 4.79 Å². The van der Waals surface area contributed by atoms with Crippen molar-refractivity contribution in [3.8, 4) is 0 Å². The van der Waals surface area contributed by atoms with Crippen LogP contribution in [0.3, 0.4) is 0 Å². The Morgan fingerprint density at radius 3 is 2.42 bits per heavy atom. The van der Waals surface area contributed by atoms with Crippen LogP contribution in [0.1, 0.15) is 0 Å². The van der Waals surface area contributed by atoms with E-state index in [1.807, 2.05) is 0 Å². The van der Waals surface area contributed by atoms with Crippen molar-refractivity contribution in [2.24, 2.45) is 0 Å². The van der Waals surface area contributed by atoms with Crippen LogP contribution in [-0.4, -0.2) is 43.5 Å². The van der Waals surface area contributed by atoms with Gasteiger partial charge in [0.05, 0.1) is 12.7 Å². The molecule has 5 nitrogen and oxygen atoms in total. The van der Waals surface area contributed by atoms with E-state index in [1.54, 1.807) is 0 Å². The molecule has 0 aliphatic carbocycles. The molecular formula is C6H8O5S. The van der Waals surface area contributed by atoms with Crippen molar-refractivity contribution in [2.45, 2.75) is 11.4 Å². The lowest BCUT2D eigenvalue weighted by molar-refractivity contribution is -0.110. The normalized spacial score (nSPS) is 26.5. The Kier molecular flexibility index (Phi) is 2.61. The van der Waals surface area contributed by atoms with Gasteiger partial charge in [-0.3, -0.25) is 4.79 Å². The highest BCUT2D eigenvalue weighted by molar-refractivity contribution is 8.15. The number of carbonyl (C=O) groups is 1. The van der Waals surface area contributed by atoms with E-state index in [1.165, 1.54) is 0 Å². The van der Waals surface area contributed by atoms with Crippen molar-refractivity contribution in [1.29, 1.82) is 0 Å². The van der Waals surface area contributed by atoms with Crippen molar-refractivity contribution in [3.63, 3.8) is 0 Å². The van der Waals surface area contributed by atoms with Crippen LogP contribution in [0.5, 0.6) is 0 Å². The summed E-state index contributed by atoms with van der Waals surface area (Å²) in [4.78, 5) is 10.7. The zero-order valence-electron chi connectivity index (χ0n) is 5.97. The van der Waals surface area contributed by atoms with E-state index in [2.05, 4.69) is 0 Å². The Balaban J connectivity index is 2.80. The Morgan fingerprint density at radius 2 is 2.08 bits per heavy atom. The monoisotopic (exact) mass is 192 g/mol. The van der Waals surface area contributed by atoms with E-state index >= 15 is 0 Å². The van der Waals surface area contributed by atoms with Gasteiger partial charge in [0.1, 0.15) is 5.25 Å². The summed E-state index contributed by atoms with van der Waals surface area (Å²) in [5.74, 6) is -1.30. The van der Waals surface area contributed by atoms with Gasteiger partial charge in [-0.25, -0.2) is 0 Å². The molecule has 0 aromatic heterocycles. The number of aliphatic hydroxyl groups excluding tert-OH is 4. The minimum atomic E-state index is -1.23. The van der Waals surface area contributed by atoms with Crippen LogP contribution in [0, 0.1) is 0 Å². The van der Waals surface area contributed by atoms with Gasteiger partial charge < -0.3 is 20.4 Å². The third-order valence-electron chi connectivity index (χ3n) is 1.48. The average Bonchev–Trinajstić information content (AvgIpc) is 2.32. The number of rotatable bonds is 2. The van der Waals surface area contributed by atoms with E-state index in [0.717, 1.165) is 0 Å². The highest BCUT2D eigenvalue weighted by Crippen LogP contribution is 2.32. The summed E-state index contributed by atoms with van der Waals surface area (Å²) >= 11 is 0.591. The highest BCUT2D eigenvalue weighted by Gasteiger charge is 2.37. The zero-order chi connectivity index (χ0) is 9.30. The second kappa shape index (κ2) is 3.34. The molecule has 0 saturated carbocycles. The Hall–Kier alpha value is -0.720. The van der Waals surface area contributed by atoms with Gasteiger partial charge in [0.25, 0.3) is 5.12 Å². The van der Waals surface area contributed by atoms with Crippen LogP contribution < -0.4 is 0 Å². The topological polar surface area (TPSA) is 98.0 Å². The first-order valence-electron chi connectivity index (χ1n) is 3.20. The summed E-state index contributed by atoms with van der Waals surface area (Å²) in [5.41, 5.74) is 0. The predicted octanol–water partition coefficient (Wildman–Crippen LogP) is -0.691. The molecule has 0 spiro atoms. The van der Waals surface area contributed by atoms with Crippen LogP contribution in [0.25, 0.3) is 0 Å².